The Hall–Kier alpha value is -4.82. The van der Waals surface area contributed by atoms with Crippen molar-refractivity contribution >= 4 is 39.2 Å². The van der Waals surface area contributed by atoms with E-state index in [1.165, 1.54) is 21.9 Å². The highest BCUT2D eigenvalue weighted by Gasteiger charge is 2.16. The van der Waals surface area contributed by atoms with Gasteiger partial charge >= 0.3 is 0 Å². The molecule has 0 radical (unpaired) electrons. The number of hydrogen-bond acceptors (Lipinski definition) is 2. The summed E-state index contributed by atoms with van der Waals surface area (Å²) in [6, 6.07) is 53.3. The molecule has 0 spiro atoms. The minimum Gasteiger partial charge on any atom is -0.356 e. The molecule has 0 saturated carbocycles. The van der Waals surface area contributed by atoms with Crippen LogP contribution in [0, 0.1) is 0 Å². The molecule has 0 aliphatic rings. The number of para-hydroxylation sites is 1. The van der Waals surface area contributed by atoms with Crippen LogP contribution in [-0.2, 0) is 0 Å². The summed E-state index contributed by atoms with van der Waals surface area (Å²) < 4.78 is 0. The molecular formula is C34H26N2. The predicted molar refractivity (Wildman–Crippen MR) is 154 cm³/mol. The van der Waals surface area contributed by atoms with Gasteiger partial charge in [-0.2, -0.15) is 0 Å². The quantitative estimate of drug-likeness (QED) is 0.265. The van der Waals surface area contributed by atoms with Crippen molar-refractivity contribution in [1.29, 1.82) is 0 Å². The number of anilines is 5. The van der Waals surface area contributed by atoms with Crippen LogP contribution in [0.15, 0.2) is 152 Å². The van der Waals surface area contributed by atoms with Crippen molar-refractivity contribution in [3.63, 3.8) is 0 Å². The van der Waals surface area contributed by atoms with Gasteiger partial charge in [0.05, 0.1) is 5.69 Å². The SMILES string of the molecule is c1ccc(Nc2ccc(N(c3cccc(-c4ccccc4)c3)c3cccc4ccccc34)cc2)cc1. The van der Waals surface area contributed by atoms with Crippen LogP contribution >= 0.6 is 0 Å². The van der Waals surface area contributed by atoms with E-state index in [1.54, 1.807) is 0 Å². The second-order valence-corrected chi connectivity index (χ2v) is 8.79. The third kappa shape index (κ3) is 4.45. The third-order valence-corrected chi connectivity index (χ3v) is 6.41. The van der Waals surface area contributed by atoms with Gasteiger partial charge < -0.3 is 10.2 Å². The Morgan fingerprint density at radius 3 is 1.83 bits per heavy atom. The van der Waals surface area contributed by atoms with Gasteiger partial charge in [-0.1, -0.05) is 97.1 Å². The number of rotatable bonds is 6. The third-order valence-electron chi connectivity index (χ3n) is 6.41. The standard InChI is InChI=1S/C34H26N2/c1-3-11-26(12-4-1)28-15-9-18-32(25-28)36(34-20-10-14-27-13-7-8-19-33(27)34)31-23-21-30(22-24-31)35-29-16-5-2-6-17-29/h1-25,35H. The summed E-state index contributed by atoms with van der Waals surface area (Å²) in [7, 11) is 0. The largest absolute Gasteiger partial charge is 0.356 e. The van der Waals surface area contributed by atoms with Gasteiger partial charge in [-0.05, 0) is 71.1 Å². The van der Waals surface area contributed by atoms with E-state index < -0.39 is 0 Å². The maximum absolute atomic E-state index is 3.49. The lowest BCUT2D eigenvalue weighted by molar-refractivity contribution is 1.30. The zero-order valence-corrected chi connectivity index (χ0v) is 19.9. The molecule has 2 nitrogen and oxygen atoms in total. The summed E-state index contributed by atoms with van der Waals surface area (Å²) in [5.41, 5.74) is 7.92. The molecule has 0 amide bonds. The minimum atomic E-state index is 1.06. The van der Waals surface area contributed by atoms with E-state index in [-0.39, 0.29) is 0 Å². The smallest absolute Gasteiger partial charge is 0.0540 e. The van der Waals surface area contributed by atoms with Crippen molar-refractivity contribution in [1.82, 2.24) is 0 Å². The van der Waals surface area contributed by atoms with Crippen LogP contribution in [0.1, 0.15) is 0 Å². The number of benzene rings is 6. The maximum Gasteiger partial charge on any atom is 0.0540 e. The van der Waals surface area contributed by atoms with Crippen molar-refractivity contribution in [2.24, 2.45) is 0 Å². The molecular weight excluding hydrogens is 436 g/mol. The Balaban J connectivity index is 1.46. The van der Waals surface area contributed by atoms with Crippen molar-refractivity contribution in [2.45, 2.75) is 0 Å². The fourth-order valence-corrected chi connectivity index (χ4v) is 4.67. The Kier molecular flexibility index (Phi) is 5.91. The highest BCUT2D eigenvalue weighted by molar-refractivity contribution is 5.99. The first kappa shape index (κ1) is 21.7. The van der Waals surface area contributed by atoms with E-state index in [1.807, 2.05) is 18.2 Å². The van der Waals surface area contributed by atoms with Gasteiger partial charge in [0.2, 0.25) is 0 Å². The first-order chi connectivity index (χ1) is 17.8. The Labute approximate surface area is 212 Å². The minimum absolute atomic E-state index is 1.06. The van der Waals surface area contributed by atoms with Gasteiger partial charge in [0.15, 0.2) is 0 Å². The molecule has 6 aromatic carbocycles. The van der Waals surface area contributed by atoms with Gasteiger partial charge in [-0.3, -0.25) is 0 Å². The molecule has 0 saturated heterocycles. The summed E-state index contributed by atoms with van der Waals surface area (Å²) >= 11 is 0. The van der Waals surface area contributed by atoms with Crippen molar-refractivity contribution in [3.8, 4) is 11.1 Å². The topological polar surface area (TPSA) is 15.3 Å². The lowest BCUT2D eigenvalue weighted by atomic mass is 10.0. The lowest BCUT2D eigenvalue weighted by Gasteiger charge is -2.27. The fraction of sp³-hybridized carbons (Fsp3) is 0. The van der Waals surface area contributed by atoms with Crippen molar-refractivity contribution in [2.75, 3.05) is 10.2 Å². The highest BCUT2D eigenvalue weighted by Crippen LogP contribution is 2.40. The van der Waals surface area contributed by atoms with Crippen LogP contribution in [0.5, 0.6) is 0 Å². The maximum atomic E-state index is 3.49. The van der Waals surface area contributed by atoms with E-state index in [0.717, 1.165) is 28.4 Å². The normalized spacial score (nSPS) is 10.8. The van der Waals surface area contributed by atoms with E-state index in [4.69, 9.17) is 0 Å². The zero-order valence-electron chi connectivity index (χ0n) is 19.9. The molecule has 0 aliphatic carbocycles. The Morgan fingerprint density at radius 1 is 0.417 bits per heavy atom. The molecule has 172 valence electrons. The van der Waals surface area contributed by atoms with Crippen LogP contribution in [0.2, 0.25) is 0 Å². The molecule has 6 aromatic rings. The molecule has 0 aliphatic heterocycles. The van der Waals surface area contributed by atoms with E-state index in [2.05, 4.69) is 144 Å². The highest BCUT2D eigenvalue weighted by atomic mass is 15.1. The summed E-state index contributed by atoms with van der Waals surface area (Å²) in [6.45, 7) is 0. The molecule has 36 heavy (non-hydrogen) atoms. The van der Waals surface area contributed by atoms with E-state index in [9.17, 15) is 0 Å². The van der Waals surface area contributed by atoms with Crippen molar-refractivity contribution in [3.05, 3.63) is 152 Å². The van der Waals surface area contributed by atoms with Crippen LogP contribution in [-0.4, -0.2) is 0 Å². The average molecular weight is 463 g/mol. The first-order valence-corrected chi connectivity index (χ1v) is 12.2. The second-order valence-electron chi connectivity index (χ2n) is 8.79. The van der Waals surface area contributed by atoms with Crippen LogP contribution in [0.25, 0.3) is 21.9 Å². The molecule has 0 atom stereocenters. The van der Waals surface area contributed by atoms with Crippen LogP contribution < -0.4 is 10.2 Å². The number of fused-ring (bicyclic) bond motifs is 1. The van der Waals surface area contributed by atoms with E-state index in [0.29, 0.717) is 0 Å². The summed E-state index contributed by atoms with van der Waals surface area (Å²) in [4.78, 5) is 2.35. The molecule has 0 unspecified atom stereocenters. The molecule has 0 bridgehead atoms. The summed E-state index contributed by atoms with van der Waals surface area (Å²) in [6.07, 6.45) is 0. The van der Waals surface area contributed by atoms with Gasteiger partial charge in [0.25, 0.3) is 0 Å². The molecule has 2 heteroatoms. The lowest BCUT2D eigenvalue weighted by Crippen LogP contribution is -2.10. The fourth-order valence-electron chi connectivity index (χ4n) is 4.67. The predicted octanol–water partition coefficient (Wildman–Crippen LogP) is 9.72. The molecule has 0 heterocycles. The van der Waals surface area contributed by atoms with Crippen LogP contribution in [0.3, 0.4) is 0 Å². The number of hydrogen-bond donors (Lipinski definition) is 1. The molecule has 6 rings (SSSR count). The first-order valence-electron chi connectivity index (χ1n) is 12.2. The zero-order chi connectivity index (χ0) is 24.2. The van der Waals surface area contributed by atoms with Gasteiger partial charge in [-0.25, -0.2) is 0 Å². The number of nitrogens with zero attached hydrogens (tertiary/aromatic N) is 1. The average Bonchev–Trinajstić information content (AvgIpc) is 2.95. The Morgan fingerprint density at radius 2 is 1.03 bits per heavy atom. The molecule has 0 fully saturated rings. The summed E-state index contributed by atoms with van der Waals surface area (Å²) in [5, 5.41) is 5.93. The van der Waals surface area contributed by atoms with Gasteiger partial charge in [-0.15, -0.1) is 0 Å². The van der Waals surface area contributed by atoms with Gasteiger partial charge in [0.1, 0.15) is 0 Å². The van der Waals surface area contributed by atoms with Gasteiger partial charge in [0, 0.05) is 28.1 Å². The molecule has 0 aromatic heterocycles. The van der Waals surface area contributed by atoms with E-state index >= 15 is 0 Å². The van der Waals surface area contributed by atoms with Crippen LogP contribution in [0.4, 0.5) is 28.4 Å². The second kappa shape index (κ2) is 9.81. The molecule has 1 N–H and O–H groups in total. The Bertz CT molecular complexity index is 1580. The van der Waals surface area contributed by atoms with Crippen molar-refractivity contribution < 1.29 is 0 Å². The monoisotopic (exact) mass is 462 g/mol. The number of nitrogens with one attached hydrogen (secondary N) is 1. The summed E-state index contributed by atoms with van der Waals surface area (Å²) in [5.74, 6) is 0.